The van der Waals surface area contributed by atoms with Gasteiger partial charge in [0, 0.05) is 26.1 Å². The Bertz CT molecular complexity index is 262. The fraction of sp³-hybridized carbons (Fsp3) is 0.727. The van der Waals surface area contributed by atoms with Crippen LogP contribution in [-0.4, -0.2) is 33.0 Å². The molecule has 0 aromatic heterocycles. The van der Waals surface area contributed by atoms with Crippen molar-refractivity contribution in [2.45, 2.75) is 31.9 Å². The molecular weight excluding hydrogens is 205 g/mol. The van der Waals surface area contributed by atoms with Gasteiger partial charge in [0.15, 0.2) is 0 Å². The summed E-state index contributed by atoms with van der Waals surface area (Å²) in [5.41, 5.74) is 0. The normalized spacial score (nSPS) is 19.1. The van der Waals surface area contributed by atoms with E-state index >= 15 is 0 Å². The minimum atomic E-state index is -0.0383. The van der Waals surface area contributed by atoms with Crippen molar-refractivity contribution in [3.05, 3.63) is 0 Å². The highest BCUT2D eigenvalue weighted by Crippen LogP contribution is 2.26. The number of hydrogen-bond acceptors (Lipinski definition) is 4. The summed E-state index contributed by atoms with van der Waals surface area (Å²) in [5, 5.41) is 8.69. The fourth-order valence-electron chi connectivity index (χ4n) is 1.85. The topological polar surface area (TPSA) is 67.2 Å². The fourth-order valence-corrected chi connectivity index (χ4v) is 1.85. The molecule has 0 aliphatic carbocycles. The summed E-state index contributed by atoms with van der Waals surface area (Å²) in [4.78, 5) is 21.4. The lowest BCUT2D eigenvalue weighted by Crippen LogP contribution is -2.26. The molecule has 1 rings (SSSR count). The molecule has 88 valence electrons. The molecule has 0 N–H and O–H groups in total. The van der Waals surface area contributed by atoms with Crippen LogP contribution >= 0.6 is 0 Å². The first-order valence-electron chi connectivity index (χ1n) is 5.45. The Balaban J connectivity index is 0.000000673. The molecule has 0 saturated carbocycles. The van der Waals surface area contributed by atoms with Crippen LogP contribution in [-0.2, 0) is 14.3 Å². The molecule has 1 aliphatic heterocycles. The summed E-state index contributed by atoms with van der Waals surface area (Å²) in [6, 6.07) is 0. The van der Waals surface area contributed by atoms with Crippen molar-refractivity contribution in [3.63, 3.8) is 0 Å². The zero-order valence-corrected chi connectivity index (χ0v) is 9.94. The monoisotopic (exact) mass is 223 g/mol. The summed E-state index contributed by atoms with van der Waals surface area (Å²) in [5.74, 6) is 2.16. The largest absolute Gasteiger partial charge is 0.388 e. The highest BCUT2D eigenvalue weighted by molar-refractivity contribution is 6.67. The highest BCUT2D eigenvalue weighted by atomic mass is 16.4. The molecule has 4 nitrogen and oxygen atoms in total. The van der Waals surface area contributed by atoms with Gasteiger partial charge in [-0.1, -0.05) is 12.7 Å². The molecule has 0 radical (unpaired) electrons. The van der Waals surface area contributed by atoms with Gasteiger partial charge in [-0.05, 0) is 12.7 Å². The molecule has 1 unspecified atom stereocenters. The predicted octanol–water partition coefficient (Wildman–Crippen LogP) is 1.37. The molecule has 0 aromatic carbocycles. The first-order chi connectivity index (χ1) is 7.69. The number of nitrogens with zero attached hydrogens (tertiary/aromatic N) is 1. The maximum atomic E-state index is 11.3. The van der Waals surface area contributed by atoms with E-state index in [0.29, 0.717) is 12.6 Å². The van der Waals surface area contributed by atoms with Crippen LogP contribution in [0.4, 0.5) is 0 Å². The van der Waals surface area contributed by atoms with E-state index in [4.69, 9.17) is 5.26 Å². The Labute approximate surface area is 97.0 Å². The molecule has 1 heterocycles. The molecule has 1 saturated heterocycles. The quantitative estimate of drug-likeness (QED) is 0.411. The van der Waals surface area contributed by atoms with Gasteiger partial charge in [-0.3, -0.25) is 4.79 Å². The average molecular weight is 223 g/mol. The summed E-state index contributed by atoms with van der Waals surface area (Å²) in [7, 11) is 3.25. The van der Waals surface area contributed by atoms with E-state index in [1.54, 1.807) is 14.2 Å². The Kier molecular flexibility index (Phi) is 8.46. The summed E-state index contributed by atoms with van der Waals surface area (Å²) < 4.78 is 4.25. The van der Waals surface area contributed by atoms with E-state index in [1.807, 2.05) is 0 Å². The predicted molar refractivity (Wildman–Crippen MR) is 62.3 cm³/mol. The average Bonchev–Trinajstić information content (AvgIpc) is 2.30. The number of hydrogen-bond donors (Lipinski definition) is 0. The minimum Gasteiger partial charge on any atom is -0.388 e. The molecule has 0 aromatic rings. The third-order valence-corrected chi connectivity index (χ3v) is 2.60. The molecule has 1 atom stereocenters. The summed E-state index contributed by atoms with van der Waals surface area (Å²) in [6.07, 6.45) is 4.02. The Morgan fingerprint density at radius 3 is 2.75 bits per heavy atom. The van der Waals surface area contributed by atoms with E-state index in [-0.39, 0.29) is 24.8 Å². The first-order valence-corrected chi connectivity index (χ1v) is 5.45. The second-order valence-electron chi connectivity index (χ2n) is 3.93. The van der Waals surface area contributed by atoms with Crippen molar-refractivity contribution in [1.82, 2.24) is 0 Å². The van der Waals surface area contributed by atoms with Gasteiger partial charge < -0.3 is 9.53 Å². The van der Waals surface area contributed by atoms with Gasteiger partial charge in [0.1, 0.15) is 12.1 Å². The van der Waals surface area contributed by atoms with Crippen molar-refractivity contribution in [3.8, 4) is 5.97 Å². The maximum absolute atomic E-state index is 11.3. The molecule has 5 heteroatoms. The third-order valence-electron chi connectivity index (χ3n) is 2.60. The van der Waals surface area contributed by atoms with Gasteiger partial charge in [-0.15, -0.1) is 0 Å². The van der Waals surface area contributed by atoms with Crippen LogP contribution in [0, 0.1) is 17.1 Å². The Hall–Kier alpha value is -1.15. The second-order valence-corrected chi connectivity index (χ2v) is 3.93. The van der Waals surface area contributed by atoms with Crippen molar-refractivity contribution < 1.29 is 14.3 Å². The van der Waals surface area contributed by atoms with Crippen LogP contribution in [0.2, 0.25) is 12.6 Å². The lowest BCUT2D eigenvalue weighted by Gasteiger charge is -2.21. The lowest BCUT2D eigenvalue weighted by molar-refractivity contribution is -0.125. The van der Waals surface area contributed by atoms with Gasteiger partial charge in [0.05, 0.1) is 6.42 Å². The first kappa shape index (κ1) is 14.9. The summed E-state index contributed by atoms with van der Waals surface area (Å²) in [6.45, 7) is 0.0225. The molecule has 1 aliphatic rings. The number of carbonyl (C=O) groups is 2. The SMILES string of the molecule is COC.N#CB1CCCC(C(=O)CC=O)C1. The highest BCUT2D eigenvalue weighted by Gasteiger charge is 2.29. The molecule has 0 spiro atoms. The van der Waals surface area contributed by atoms with Gasteiger partial charge in [-0.25, -0.2) is 5.26 Å². The van der Waals surface area contributed by atoms with Gasteiger partial charge in [-0.2, -0.15) is 0 Å². The maximum Gasteiger partial charge on any atom is 0.268 e. The van der Waals surface area contributed by atoms with Crippen LogP contribution in [0.25, 0.3) is 0 Å². The number of nitriles is 1. The van der Waals surface area contributed by atoms with Crippen LogP contribution in [0.15, 0.2) is 0 Å². The van der Waals surface area contributed by atoms with E-state index < -0.39 is 0 Å². The number of carbonyl (C=O) groups excluding carboxylic acids is 2. The molecular formula is C11H18BNO3. The Morgan fingerprint density at radius 1 is 1.62 bits per heavy atom. The van der Waals surface area contributed by atoms with Crippen molar-refractivity contribution >= 4 is 18.8 Å². The number of Topliss-reactive ketones (excluding diaryl/α,β-unsaturated/α-hetero) is 1. The van der Waals surface area contributed by atoms with E-state index in [9.17, 15) is 9.59 Å². The van der Waals surface area contributed by atoms with Crippen molar-refractivity contribution in [1.29, 1.82) is 5.26 Å². The van der Waals surface area contributed by atoms with Gasteiger partial charge in [0.2, 0.25) is 0 Å². The van der Waals surface area contributed by atoms with Gasteiger partial charge in [0.25, 0.3) is 6.71 Å². The third kappa shape index (κ3) is 5.67. The molecule has 16 heavy (non-hydrogen) atoms. The van der Waals surface area contributed by atoms with Gasteiger partial charge >= 0.3 is 0 Å². The molecule has 0 bridgehead atoms. The number of ether oxygens (including phenoxy) is 1. The number of aldehydes is 1. The Morgan fingerprint density at radius 2 is 2.25 bits per heavy atom. The van der Waals surface area contributed by atoms with Crippen LogP contribution in [0.5, 0.6) is 0 Å². The van der Waals surface area contributed by atoms with E-state index in [2.05, 4.69) is 10.7 Å². The number of methoxy groups -OCH3 is 1. The summed E-state index contributed by atoms with van der Waals surface area (Å²) >= 11 is 0. The minimum absolute atomic E-state index is 0.00921. The zero-order valence-electron chi connectivity index (χ0n) is 9.94. The zero-order chi connectivity index (χ0) is 12.4. The van der Waals surface area contributed by atoms with Crippen LogP contribution in [0.3, 0.4) is 0 Å². The van der Waals surface area contributed by atoms with Crippen LogP contribution in [0.1, 0.15) is 19.3 Å². The standard InChI is InChI=1S/C9H12BNO2.C2H6O/c11-7-10-4-1-2-8(6-10)9(13)3-5-12;1-3-2/h5,8H,1-4,6H2;1-2H3. The molecule has 0 amide bonds. The van der Waals surface area contributed by atoms with Crippen LogP contribution < -0.4 is 0 Å². The van der Waals surface area contributed by atoms with E-state index in [1.165, 1.54) is 0 Å². The second kappa shape index (κ2) is 9.11. The van der Waals surface area contributed by atoms with E-state index in [0.717, 1.165) is 19.2 Å². The van der Waals surface area contributed by atoms with Crippen molar-refractivity contribution in [2.75, 3.05) is 14.2 Å². The lowest BCUT2D eigenvalue weighted by atomic mass is 9.40. The number of ketones is 1. The smallest absolute Gasteiger partial charge is 0.268 e. The molecule has 1 fully saturated rings. The number of rotatable bonds is 3. The van der Waals surface area contributed by atoms with Crippen molar-refractivity contribution in [2.24, 2.45) is 5.92 Å².